The number of anilines is 1. The van der Waals surface area contributed by atoms with Crippen molar-refractivity contribution in [1.82, 2.24) is 14.8 Å². The van der Waals surface area contributed by atoms with E-state index in [-0.39, 0.29) is 23.5 Å². The first kappa shape index (κ1) is 20.5. The van der Waals surface area contributed by atoms with Gasteiger partial charge in [0, 0.05) is 43.8 Å². The molecule has 0 aliphatic carbocycles. The zero-order valence-electron chi connectivity index (χ0n) is 17.1. The second-order valence-electron chi connectivity index (χ2n) is 8.31. The highest BCUT2D eigenvalue weighted by Gasteiger charge is 2.39. The molecule has 0 radical (unpaired) electrons. The van der Waals surface area contributed by atoms with Gasteiger partial charge in [-0.15, -0.1) is 0 Å². The number of piperidine rings is 1. The highest BCUT2D eigenvalue weighted by molar-refractivity contribution is 5.94. The van der Waals surface area contributed by atoms with Crippen LogP contribution in [0, 0.1) is 17.7 Å². The Bertz CT molecular complexity index is 882. The lowest BCUT2D eigenvalue weighted by molar-refractivity contribution is -0.119. The monoisotopic (exact) mass is 410 g/mol. The molecule has 0 spiro atoms. The third kappa shape index (κ3) is 4.51. The molecule has 1 aromatic carbocycles. The topological polar surface area (TPSA) is 65.5 Å². The van der Waals surface area contributed by atoms with E-state index in [4.69, 9.17) is 0 Å². The average molecular weight is 410 g/mol. The normalized spacial score (nSPS) is 22.8. The van der Waals surface area contributed by atoms with Crippen LogP contribution in [0.2, 0.25) is 0 Å². The van der Waals surface area contributed by atoms with Gasteiger partial charge in [-0.3, -0.25) is 14.6 Å². The minimum Gasteiger partial charge on any atom is -0.339 e. The number of rotatable bonds is 4. The van der Waals surface area contributed by atoms with E-state index in [9.17, 15) is 14.0 Å². The molecular weight excluding hydrogens is 383 g/mol. The molecule has 2 atom stereocenters. The second-order valence-corrected chi connectivity index (χ2v) is 8.31. The van der Waals surface area contributed by atoms with Gasteiger partial charge in [-0.2, -0.15) is 0 Å². The van der Waals surface area contributed by atoms with Crippen molar-refractivity contribution >= 4 is 17.5 Å². The first-order valence-electron chi connectivity index (χ1n) is 10.5. The van der Waals surface area contributed by atoms with Gasteiger partial charge in [0.05, 0.1) is 11.5 Å². The molecule has 3 heterocycles. The first-order valence-corrected chi connectivity index (χ1v) is 10.5. The molecule has 0 saturated carbocycles. The predicted octanol–water partition coefficient (Wildman–Crippen LogP) is 3.03. The Labute approximate surface area is 176 Å². The van der Waals surface area contributed by atoms with Gasteiger partial charge in [-0.25, -0.2) is 4.39 Å². The Kier molecular flexibility index (Phi) is 6.08. The molecule has 2 aromatic rings. The van der Waals surface area contributed by atoms with Crippen LogP contribution in [0.25, 0.3) is 0 Å². The molecule has 0 bridgehead atoms. The van der Waals surface area contributed by atoms with Crippen LogP contribution in [-0.2, 0) is 4.79 Å². The van der Waals surface area contributed by atoms with Gasteiger partial charge in [0.25, 0.3) is 5.91 Å². The van der Waals surface area contributed by atoms with Gasteiger partial charge < -0.3 is 15.1 Å². The minimum atomic E-state index is -0.318. The van der Waals surface area contributed by atoms with Gasteiger partial charge in [0.1, 0.15) is 5.82 Å². The van der Waals surface area contributed by atoms with Crippen LogP contribution in [0.15, 0.2) is 48.8 Å². The Hall–Kier alpha value is -2.80. The van der Waals surface area contributed by atoms with E-state index in [0.717, 1.165) is 32.4 Å². The van der Waals surface area contributed by atoms with Crippen LogP contribution >= 0.6 is 0 Å². The number of halogens is 1. The fourth-order valence-electron chi connectivity index (χ4n) is 4.71. The zero-order chi connectivity index (χ0) is 21.1. The summed E-state index contributed by atoms with van der Waals surface area (Å²) in [4.78, 5) is 33.5. The number of hydrogen-bond acceptors (Lipinski definition) is 4. The van der Waals surface area contributed by atoms with E-state index in [0.29, 0.717) is 29.8 Å². The van der Waals surface area contributed by atoms with E-state index >= 15 is 0 Å². The summed E-state index contributed by atoms with van der Waals surface area (Å²) in [5.74, 6) is 0.0942. The molecule has 2 saturated heterocycles. The largest absolute Gasteiger partial charge is 0.339 e. The summed E-state index contributed by atoms with van der Waals surface area (Å²) in [6.07, 6.45) is 5.97. The van der Waals surface area contributed by atoms with Crippen LogP contribution in [0.4, 0.5) is 10.1 Å². The molecule has 2 aliphatic rings. The fraction of sp³-hybridized carbons (Fsp3) is 0.435. The number of amides is 2. The molecule has 158 valence electrons. The molecule has 7 heteroatoms. The standard InChI is InChI=1S/C23H27FN4O2/c1-27-15-18(22(29)26-20-6-4-19(24)5-7-20)13-21(27)16-8-11-28(12-9-16)23(30)17-3-2-10-25-14-17/h2-7,10,14,16,18,21H,8-9,11-13,15H2,1H3,(H,26,29)/t18-,21-/m1/s1. The lowest BCUT2D eigenvalue weighted by Crippen LogP contribution is -2.43. The number of nitrogens with one attached hydrogen (secondary N) is 1. The first-order chi connectivity index (χ1) is 14.5. The van der Waals surface area contributed by atoms with Crippen molar-refractivity contribution in [3.05, 3.63) is 60.2 Å². The number of carbonyl (C=O) groups excluding carboxylic acids is 2. The van der Waals surface area contributed by atoms with Crippen molar-refractivity contribution in [2.24, 2.45) is 11.8 Å². The molecule has 1 N–H and O–H groups in total. The lowest BCUT2D eigenvalue weighted by atomic mass is 9.86. The maximum absolute atomic E-state index is 13.1. The van der Waals surface area contributed by atoms with Crippen LogP contribution in [0.3, 0.4) is 0 Å². The number of aromatic nitrogens is 1. The Morgan fingerprint density at radius 3 is 2.53 bits per heavy atom. The third-order valence-electron chi connectivity index (χ3n) is 6.36. The molecule has 2 amide bonds. The molecule has 0 unspecified atom stereocenters. The Morgan fingerprint density at radius 2 is 1.87 bits per heavy atom. The number of likely N-dealkylation sites (tertiary alicyclic amines) is 2. The summed E-state index contributed by atoms with van der Waals surface area (Å²) < 4.78 is 13.1. The summed E-state index contributed by atoms with van der Waals surface area (Å²) in [5, 5.41) is 2.90. The smallest absolute Gasteiger partial charge is 0.255 e. The number of hydrogen-bond donors (Lipinski definition) is 1. The highest BCUT2D eigenvalue weighted by atomic mass is 19.1. The van der Waals surface area contributed by atoms with E-state index in [1.807, 2.05) is 4.90 Å². The molecule has 2 aliphatic heterocycles. The summed E-state index contributed by atoms with van der Waals surface area (Å²) in [6.45, 7) is 2.18. The van der Waals surface area contributed by atoms with Gasteiger partial charge in [-0.05, 0) is 68.6 Å². The summed E-state index contributed by atoms with van der Waals surface area (Å²) in [7, 11) is 2.07. The molecular formula is C23H27FN4O2. The van der Waals surface area contributed by atoms with Crippen LogP contribution in [0.1, 0.15) is 29.6 Å². The van der Waals surface area contributed by atoms with Gasteiger partial charge in [0.2, 0.25) is 5.91 Å². The van der Waals surface area contributed by atoms with Crippen LogP contribution < -0.4 is 5.32 Å². The van der Waals surface area contributed by atoms with E-state index in [1.165, 1.54) is 12.1 Å². The summed E-state index contributed by atoms with van der Waals surface area (Å²) >= 11 is 0. The maximum Gasteiger partial charge on any atom is 0.255 e. The molecule has 30 heavy (non-hydrogen) atoms. The van der Waals surface area contributed by atoms with Gasteiger partial charge in [-0.1, -0.05) is 0 Å². The predicted molar refractivity (Wildman–Crippen MR) is 112 cm³/mol. The summed E-state index contributed by atoms with van der Waals surface area (Å²) in [6, 6.07) is 9.78. The summed E-state index contributed by atoms with van der Waals surface area (Å²) in [5.41, 5.74) is 1.25. The SMILES string of the molecule is CN1C[C@H](C(=O)Nc2ccc(F)cc2)C[C@@H]1C1CCN(C(=O)c2cccnc2)CC1. The number of benzene rings is 1. The second kappa shape index (κ2) is 8.92. The third-order valence-corrected chi connectivity index (χ3v) is 6.36. The van der Waals surface area contributed by atoms with Crippen molar-refractivity contribution in [3.63, 3.8) is 0 Å². The molecule has 1 aromatic heterocycles. The van der Waals surface area contributed by atoms with Crippen LogP contribution in [0.5, 0.6) is 0 Å². The quantitative estimate of drug-likeness (QED) is 0.842. The number of nitrogens with zero attached hydrogens (tertiary/aromatic N) is 3. The van der Waals surface area contributed by atoms with Crippen molar-refractivity contribution < 1.29 is 14.0 Å². The molecule has 6 nitrogen and oxygen atoms in total. The molecule has 2 fully saturated rings. The number of carbonyl (C=O) groups is 2. The Morgan fingerprint density at radius 1 is 1.13 bits per heavy atom. The van der Waals surface area contributed by atoms with Crippen molar-refractivity contribution in [2.45, 2.75) is 25.3 Å². The van der Waals surface area contributed by atoms with Crippen molar-refractivity contribution in [3.8, 4) is 0 Å². The Balaban J connectivity index is 1.30. The average Bonchev–Trinajstić information content (AvgIpc) is 3.17. The minimum absolute atomic E-state index is 0.0138. The van der Waals surface area contributed by atoms with Gasteiger partial charge >= 0.3 is 0 Å². The number of pyridine rings is 1. The van der Waals surface area contributed by atoms with Crippen molar-refractivity contribution in [2.75, 3.05) is 32.0 Å². The molecule has 4 rings (SSSR count). The van der Waals surface area contributed by atoms with E-state index in [2.05, 4.69) is 22.2 Å². The van der Waals surface area contributed by atoms with E-state index in [1.54, 1.807) is 36.7 Å². The zero-order valence-corrected chi connectivity index (χ0v) is 17.1. The van der Waals surface area contributed by atoms with Crippen molar-refractivity contribution in [1.29, 1.82) is 0 Å². The maximum atomic E-state index is 13.1. The fourth-order valence-corrected chi connectivity index (χ4v) is 4.71. The van der Waals surface area contributed by atoms with Crippen LogP contribution in [-0.4, -0.2) is 59.3 Å². The van der Waals surface area contributed by atoms with Gasteiger partial charge in [0.15, 0.2) is 0 Å². The van der Waals surface area contributed by atoms with E-state index < -0.39 is 0 Å². The highest BCUT2D eigenvalue weighted by Crippen LogP contribution is 2.33. The lowest BCUT2D eigenvalue weighted by Gasteiger charge is -2.37.